The number of hydrogen-bond acceptors (Lipinski definition) is 3. The highest BCUT2D eigenvalue weighted by Gasteiger charge is 2.09. The highest BCUT2D eigenvalue weighted by molar-refractivity contribution is 9.10. The zero-order valence-electron chi connectivity index (χ0n) is 9.37. The molecule has 1 aromatic heterocycles. The number of methoxy groups -OCH3 is 1. The van der Waals surface area contributed by atoms with Gasteiger partial charge in [0, 0.05) is 15.7 Å². The zero-order chi connectivity index (χ0) is 12.4. The van der Waals surface area contributed by atoms with Gasteiger partial charge in [-0.3, -0.25) is 0 Å². The van der Waals surface area contributed by atoms with Crippen molar-refractivity contribution in [1.29, 1.82) is 0 Å². The van der Waals surface area contributed by atoms with E-state index in [0.717, 1.165) is 27.2 Å². The fraction of sp³-hybridized carbons (Fsp3) is 0.167. The monoisotopic (exact) mass is 312 g/mol. The van der Waals surface area contributed by atoms with Gasteiger partial charge in [-0.1, -0.05) is 15.9 Å². The molecule has 0 saturated carbocycles. The maximum absolute atomic E-state index is 5.86. The molecule has 0 radical (unpaired) electrons. The average Bonchev–Trinajstić information content (AvgIpc) is 2.27. The third-order valence-electron chi connectivity index (χ3n) is 2.26. The number of nitrogens with zero attached hydrogens (tertiary/aromatic N) is 2. The molecule has 0 saturated heterocycles. The smallest absolute Gasteiger partial charge is 0.223 e. The molecule has 0 aliphatic carbocycles. The molecule has 3 nitrogen and oxygen atoms in total. The highest BCUT2D eigenvalue weighted by atomic mass is 79.9. The Morgan fingerprint density at radius 2 is 2.00 bits per heavy atom. The summed E-state index contributed by atoms with van der Waals surface area (Å²) in [6, 6.07) is 7.61. The van der Waals surface area contributed by atoms with Crippen LogP contribution in [-0.4, -0.2) is 17.1 Å². The Labute approximate surface area is 113 Å². The predicted molar refractivity (Wildman–Crippen MR) is 71.5 cm³/mol. The SMILES string of the molecule is COc1ccc(Br)cc1-c1cc(C)nc(Cl)n1. The van der Waals surface area contributed by atoms with E-state index >= 15 is 0 Å². The summed E-state index contributed by atoms with van der Waals surface area (Å²) in [5.41, 5.74) is 2.46. The first-order chi connectivity index (χ1) is 8.10. The summed E-state index contributed by atoms with van der Waals surface area (Å²) in [7, 11) is 1.63. The van der Waals surface area contributed by atoms with Gasteiger partial charge in [0.25, 0.3) is 0 Å². The molecular formula is C12H10BrClN2O. The second kappa shape index (κ2) is 5.02. The second-order valence-electron chi connectivity index (χ2n) is 3.51. The zero-order valence-corrected chi connectivity index (χ0v) is 11.7. The van der Waals surface area contributed by atoms with Gasteiger partial charge >= 0.3 is 0 Å². The molecule has 1 aromatic carbocycles. The van der Waals surface area contributed by atoms with Gasteiger partial charge in [0.05, 0.1) is 12.8 Å². The molecule has 0 spiro atoms. The molecule has 0 atom stereocenters. The topological polar surface area (TPSA) is 35.0 Å². The molecule has 0 N–H and O–H groups in total. The molecule has 2 aromatic rings. The van der Waals surface area contributed by atoms with Gasteiger partial charge in [0.15, 0.2) is 0 Å². The fourth-order valence-corrected chi connectivity index (χ4v) is 2.14. The number of hydrogen-bond donors (Lipinski definition) is 0. The van der Waals surface area contributed by atoms with Crippen LogP contribution in [0.25, 0.3) is 11.3 Å². The van der Waals surface area contributed by atoms with Gasteiger partial charge in [0.2, 0.25) is 5.28 Å². The van der Waals surface area contributed by atoms with Crippen molar-refractivity contribution in [2.75, 3.05) is 7.11 Å². The van der Waals surface area contributed by atoms with E-state index < -0.39 is 0 Å². The highest BCUT2D eigenvalue weighted by Crippen LogP contribution is 2.32. The summed E-state index contributed by atoms with van der Waals surface area (Å²) < 4.78 is 6.27. The van der Waals surface area contributed by atoms with Gasteiger partial charge in [-0.05, 0) is 42.8 Å². The fourth-order valence-electron chi connectivity index (χ4n) is 1.55. The molecular weight excluding hydrogens is 304 g/mol. The standard InChI is InChI=1S/C12H10BrClN2O/c1-7-5-10(16-12(14)15-7)9-6-8(13)3-4-11(9)17-2/h3-6H,1-2H3. The van der Waals surface area contributed by atoms with Crippen LogP contribution in [0.4, 0.5) is 0 Å². The molecule has 1 heterocycles. The van der Waals surface area contributed by atoms with Gasteiger partial charge in [-0.2, -0.15) is 0 Å². The summed E-state index contributed by atoms with van der Waals surface area (Å²) >= 11 is 9.29. The first kappa shape index (κ1) is 12.3. The van der Waals surface area contributed by atoms with Crippen molar-refractivity contribution < 1.29 is 4.74 Å². The van der Waals surface area contributed by atoms with Crippen molar-refractivity contribution >= 4 is 27.5 Å². The quantitative estimate of drug-likeness (QED) is 0.789. The Hall–Kier alpha value is -1.13. The van der Waals surface area contributed by atoms with E-state index in [-0.39, 0.29) is 5.28 Å². The van der Waals surface area contributed by atoms with Gasteiger partial charge in [0.1, 0.15) is 5.75 Å². The van der Waals surface area contributed by atoms with Gasteiger partial charge < -0.3 is 4.74 Å². The summed E-state index contributed by atoms with van der Waals surface area (Å²) in [5.74, 6) is 0.752. The van der Waals surface area contributed by atoms with Crippen molar-refractivity contribution in [3.63, 3.8) is 0 Å². The van der Waals surface area contributed by atoms with Gasteiger partial charge in [-0.15, -0.1) is 0 Å². The molecule has 0 fully saturated rings. The lowest BCUT2D eigenvalue weighted by Gasteiger charge is -2.09. The molecule has 5 heteroatoms. The minimum atomic E-state index is 0.238. The van der Waals surface area contributed by atoms with Crippen molar-refractivity contribution in [3.05, 3.63) is 39.7 Å². The number of benzene rings is 1. The van der Waals surface area contributed by atoms with Crippen LogP contribution < -0.4 is 4.74 Å². The summed E-state index contributed by atoms with van der Waals surface area (Å²) in [6.45, 7) is 1.88. The van der Waals surface area contributed by atoms with Crippen molar-refractivity contribution in [3.8, 4) is 17.0 Å². The van der Waals surface area contributed by atoms with Crippen LogP contribution in [0.2, 0.25) is 5.28 Å². The molecule has 0 aliphatic rings. The van der Waals surface area contributed by atoms with E-state index in [0.29, 0.717) is 0 Å². The number of rotatable bonds is 2. The van der Waals surface area contributed by atoms with Crippen molar-refractivity contribution in [2.45, 2.75) is 6.92 Å². The molecule has 0 amide bonds. The molecule has 2 rings (SSSR count). The molecule has 0 aliphatic heterocycles. The number of aromatic nitrogens is 2. The Kier molecular flexibility index (Phi) is 3.64. The van der Waals surface area contributed by atoms with Crippen molar-refractivity contribution in [1.82, 2.24) is 9.97 Å². The normalized spacial score (nSPS) is 10.4. The Bertz CT molecular complexity index is 540. The third-order valence-corrected chi connectivity index (χ3v) is 2.93. The van der Waals surface area contributed by atoms with Gasteiger partial charge in [-0.25, -0.2) is 9.97 Å². The lowest BCUT2D eigenvalue weighted by molar-refractivity contribution is 0.416. The minimum absolute atomic E-state index is 0.238. The minimum Gasteiger partial charge on any atom is -0.496 e. The second-order valence-corrected chi connectivity index (χ2v) is 4.76. The lowest BCUT2D eigenvalue weighted by Crippen LogP contribution is -1.93. The van der Waals surface area contributed by atoms with Crippen LogP contribution in [0, 0.1) is 6.92 Å². The van der Waals surface area contributed by atoms with Crippen LogP contribution >= 0.6 is 27.5 Å². The molecule has 0 unspecified atom stereocenters. The third kappa shape index (κ3) is 2.76. The first-order valence-corrected chi connectivity index (χ1v) is 6.12. The van der Waals surface area contributed by atoms with Crippen molar-refractivity contribution in [2.24, 2.45) is 0 Å². The molecule has 0 bridgehead atoms. The lowest BCUT2D eigenvalue weighted by atomic mass is 10.1. The first-order valence-electron chi connectivity index (χ1n) is 4.95. The number of ether oxygens (including phenoxy) is 1. The maximum Gasteiger partial charge on any atom is 0.223 e. The van der Waals surface area contributed by atoms with E-state index in [2.05, 4.69) is 25.9 Å². The summed E-state index contributed by atoms with van der Waals surface area (Å²) in [4.78, 5) is 8.25. The Morgan fingerprint density at radius 1 is 1.24 bits per heavy atom. The predicted octanol–water partition coefficient (Wildman–Crippen LogP) is 3.88. The Morgan fingerprint density at radius 3 is 2.65 bits per heavy atom. The average molecular weight is 314 g/mol. The van der Waals surface area contributed by atoms with E-state index in [1.165, 1.54) is 0 Å². The van der Waals surface area contributed by atoms with E-state index in [9.17, 15) is 0 Å². The Balaban J connectivity index is 2.62. The van der Waals surface area contributed by atoms with E-state index in [1.807, 2.05) is 31.2 Å². The van der Waals surface area contributed by atoms with Crippen LogP contribution in [0.3, 0.4) is 0 Å². The van der Waals surface area contributed by atoms with E-state index in [1.54, 1.807) is 7.11 Å². The summed E-state index contributed by atoms with van der Waals surface area (Å²) in [5, 5.41) is 0.238. The maximum atomic E-state index is 5.86. The van der Waals surface area contributed by atoms with E-state index in [4.69, 9.17) is 16.3 Å². The molecule has 17 heavy (non-hydrogen) atoms. The summed E-state index contributed by atoms with van der Waals surface area (Å²) in [6.07, 6.45) is 0. The molecule has 88 valence electrons. The van der Waals surface area contributed by atoms with Crippen LogP contribution in [0.15, 0.2) is 28.7 Å². The van der Waals surface area contributed by atoms with Crippen LogP contribution in [-0.2, 0) is 0 Å². The largest absolute Gasteiger partial charge is 0.496 e. The van der Waals surface area contributed by atoms with Crippen LogP contribution in [0.1, 0.15) is 5.69 Å². The number of aryl methyl sites for hydroxylation is 1. The number of halogens is 2. The van der Waals surface area contributed by atoms with Crippen LogP contribution in [0.5, 0.6) is 5.75 Å².